The van der Waals surface area contributed by atoms with Gasteiger partial charge >= 0.3 is 0 Å². The summed E-state index contributed by atoms with van der Waals surface area (Å²) in [6, 6.07) is 14.4. The second-order valence-corrected chi connectivity index (χ2v) is 5.92. The number of nitrogens with one attached hydrogen (secondary N) is 1. The Balaban J connectivity index is 1.66. The number of hydrogen-bond acceptors (Lipinski definition) is 2. The zero-order valence-corrected chi connectivity index (χ0v) is 13.5. The van der Waals surface area contributed by atoms with Gasteiger partial charge in [-0.2, -0.15) is 0 Å². The summed E-state index contributed by atoms with van der Waals surface area (Å²) in [5, 5.41) is 5.72. The maximum Gasteiger partial charge on any atom is 0.137 e. The van der Waals surface area contributed by atoms with Crippen LogP contribution in [-0.4, -0.2) is 0 Å². The standard InChI is InChI=1S/C22H19NO/c1-2-7-16-8-3-4-9-17(16)15-23-18-12-13-20-19-10-5-6-11-21(19)24-22(20)14-18/h2-3,5-8,10-15,23H,1,4,9H2/b16-7-,17-15-. The normalized spacial score (nSPS) is 17.8. The van der Waals surface area contributed by atoms with E-state index in [9.17, 15) is 0 Å². The van der Waals surface area contributed by atoms with Crippen molar-refractivity contribution in [1.82, 2.24) is 0 Å². The van der Waals surface area contributed by atoms with Crippen molar-refractivity contribution in [1.29, 1.82) is 0 Å². The monoisotopic (exact) mass is 313 g/mol. The quantitative estimate of drug-likeness (QED) is 0.610. The maximum absolute atomic E-state index is 5.95. The summed E-state index contributed by atoms with van der Waals surface area (Å²) in [5.74, 6) is 0. The molecular formula is C22H19NO. The van der Waals surface area contributed by atoms with Crippen LogP contribution in [0.3, 0.4) is 0 Å². The summed E-state index contributed by atoms with van der Waals surface area (Å²) < 4.78 is 5.95. The molecule has 2 aromatic carbocycles. The molecule has 3 aromatic rings. The number of allylic oxidation sites excluding steroid dienone is 6. The first kappa shape index (κ1) is 14.6. The van der Waals surface area contributed by atoms with Crippen LogP contribution < -0.4 is 5.32 Å². The highest BCUT2D eigenvalue weighted by Crippen LogP contribution is 2.30. The zero-order valence-electron chi connectivity index (χ0n) is 13.5. The topological polar surface area (TPSA) is 25.2 Å². The number of anilines is 1. The number of rotatable bonds is 3. The van der Waals surface area contributed by atoms with Gasteiger partial charge in [0.1, 0.15) is 11.2 Å². The molecule has 0 radical (unpaired) electrons. The van der Waals surface area contributed by atoms with E-state index in [0.717, 1.165) is 40.5 Å². The van der Waals surface area contributed by atoms with Gasteiger partial charge in [0, 0.05) is 28.7 Å². The van der Waals surface area contributed by atoms with Gasteiger partial charge in [-0.15, -0.1) is 0 Å². The molecule has 1 aliphatic carbocycles. The first-order valence-corrected chi connectivity index (χ1v) is 8.22. The van der Waals surface area contributed by atoms with E-state index >= 15 is 0 Å². The third-order valence-corrected chi connectivity index (χ3v) is 4.34. The van der Waals surface area contributed by atoms with Gasteiger partial charge in [-0.25, -0.2) is 0 Å². The number of benzene rings is 2. The van der Waals surface area contributed by atoms with Crippen LogP contribution in [0.5, 0.6) is 0 Å². The van der Waals surface area contributed by atoms with E-state index in [-0.39, 0.29) is 0 Å². The Morgan fingerprint density at radius 3 is 2.83 bits per heavy atom. The fourth-order valence-electron chi connectivity index (χ4n) is 3.13. The van der Waals surface area contributed by atoms with Gasteiger partial charge in [0.25, 0.3) is 0 Å². The fourth-order valence-corrected chi connectivity index (χ4v) is 3.13. The van der Waals surface area contributed by atoms with Gasteiger partial charge in [0.05, 0.1) is 0 Å². The highest BCUT2D eigenvalue weighted by molar-refractivity contribution is 6.05. The predicted octanol–water partition coefficient (Wildman–Crippen LogP) is 6.34. The van der Waals surface area contributed by atoms with Crippen LogP contribution in [-0.2, 0) is 0 Å². The molecule has 1 N–H and O–H groups in total. The molecule has 118 valence electrons. The van der Waals surface area contributed by atoms with Gasteiger partial charge in [-0.3, -0.25) is 0 Å². The van der Waals surface area contributed by atoms with E-state index in [0.29, 0.717) is 0 Å². The maximum atomic E-state index is 5.95. The molecule has 0 saturated heterocycles. The van der Waals surface area contributed by atoms with Crippen molar-refractivity contribution in [2.75, 3.05) is 5.32 Å². The molecule has 24 heavy (non-hydrogen) atoms. The minimum Gasteiger partial charge on any atom is -0.456 e. The van der Waals surface area contributed by atoms with Crippen LogP contribution in [0.4, 0.5) is 5.69 Å². The molecule has 0 amide bonds. The molecule has 0 unspecified atom stereocenters. The van der Waals surface area contributed by atoms with Gasteiger partial charge in [0.15, 0.2) is 0 Å². The minimum absolute atomic E-state index is 0.907. The zero-order chi connectivity index (χ0) is 16.4. The second kappa shape index (κ2) is 6.25. The van der Waals surface area contributed by atoms with Crippen LogP contribution >= 0.6 is 0 Å². The van der Waals surface area contributed by atoms with Crippen LogP contribution in [0.15, 0.2) is 95.1 Å². The van der Waals surface area contributed by atoms with E-state index in [1.165, 1.54) is 11.1 Å². The third-order valence-electron chi connectivity index (χ3n) is 4.34. The Morgan fingerprint density at radius 2 is 1.92 bits per heavy atom. The summed E-state index contributed by atoms with van der Waals surface area (Å²) in [5.41, 5.74) is 5.37. The average Bonchev–Trinajstić information content (AvgIpc) is 2.99. The van der Waals surface area contributed by atoms with E-state index in [1.807, 2.05) is 30.4 Å². The molecule has 0 bridgehead atoms. The Labute approximate surface area is 141 Å². The van der Waals surface area contributed by atoms with Gasteiger partial charge in [-0.1, -0.05) is 49.1 Å². The lowest BCUT2D eigenvalue weighted by molar-refractivity contribution is 0.669. The first-order valence-electron chi connectivity index (χ1n) is 8.22. The number of furan rings is 1. The lowest BCUT2D eigenvalue weighted by Crippen LogP contribution is -1.97. The van der Waals surface area contributed by atoms with Crippen molar-refractivity contribution in [3.63, 3.8) is 0 Å². The Morgan fingerprint density at radius 1 is 1.04 bits per heavy atom. The number of para-hydroxylation sites is 1. The molecular weight excluding hydrogens is 294 g/mol. The minimum atomic E-state index is 0.907. The average molecular weight is 313 g/mol. The van der Waals surface area contributed by atoms with Gasteiger partial charge in [-0.05, 0) is 42.2 Å². The smallest absolute Gasteiger partial charge is 0.137 e. The molecule has 0 aliphatic heterocycles. The largest absolute Gasteiger partial charge is 0.456 e. The Hall–Kier alpha value is -3.00. The first-order chi connectivity index (χ1) is 11.8. The van der Waals surface area contributed by atoms with E-state index in [4.69, 9.17) is 4.42 Å². The third kappa shape index (κ3) is 2.67. The van der Waals surface area contributed by atoms with E-state index in [1.54, 1.807) is 0 Å². The molecule has 0 saturated carbocycles. The summed E-state index contributed by atoms with van der Waals surface area (Å²) in [7, 11) is 0. The van der Waals surface area contributed by atoms with Crippen molar-refractivity contribution in [2.45, 2.75) is 12.8 Å². The van der Waals surface area contributed by atoms with Crippen LogP contribution in [0.2, 0.25) is 0 Å². The summed E-state index contributed by atoms with van der Waals surface area (Å²) >= 11 is 0. The molecule has 2 nitrogen and oxygen atoms in total. The second-order valence-electron chi connectivity index (χ2n) is 5.92. The summed E-state index contributed by atoms with van der Waals surface area (Å²) in [6.07, 6.45) is 12.4. The van der Waals surface area contributed by atoms with Crippen LogP contribution in [0, 0.1) is 0 Å². The molecule has 4 rings (SSSR count). The highest BCUT2D eigenvalue weighted by Gasteiger charge is 2.08. The van der Waals surface area contributed by atoms with Crippen molar-refractivity contribution in [3.05, 3.63) is 90.7 Å². The molecule has 1 heterocycles. The van der Waals surface area contributed by atoms with Crippen LogP contribution in [0.1, 0.15) is 12.8 Å². The molecule has 0 atom stereocenters. The van der Waals surface area contributed by atoms with Crippen molar-refractivity contribution < 1.29 is 4.42 Å². The Kier molecular flexibility index (Phi) is 3.80. The molecule has 1 aromatic heterocycles. The van der Waals surface area contributed by atoms with Crippen molar-refractivity contribution in [2.24, 2.45) is 0 Å². The summed E-state index contributed by atoms with van der Waals surface area (Å²) in [4.78, 5) is 0. The van der Waals surface area contributed by atoms with Crippen LogP contribution in [0.25, 0.3) is 21.9 Å². The van der Waals surface area contributed by atoms with E-state index < -0.39 is 0 Å². The number of hydrogen-bond donors (Lipinski definition) is 1. The fraction of sp³-hybridized carbons (Fsp3) is 0.0909. The molecule has 0 spiro atoms. The van der Waals surface area contributed by atoms with Crippen molar-refractivity contribution in [3.8, 4) is 0 Å². The van der Waals surface area contributed by atoms with Gasteiger partial charge in [0.2, 0.25) is 0 Å². The van der Waals surface area contributed by atoms with Gasteiger partial charge < -0.3 is 9.73 Å². The SMILES string of the molecule is C=C/C=C1/C=CCC/C1=C/Nc1ccc2c(c1)oc1ccccc12. The number of fused-ring (bicyclic) bond motifs is 3. The molecule has 1 aliphatic rings. The lowest BCUT2D eigenvalue weighted by Gasteiger charge is -2.13. The van der Waals surface area contributed by atoms with Crippen molar-refractivity contribution >= 4 is 27.6 Å². The molecule has 2 heteroatoms. The lowest BCUT2D eigenvalue weighted by atomic mass is 9.96. The van der Waals surface area contributed by atoms with E-state index in [2.05, 4.69) is 54.5 Å². The summed E-state index contributed by atoms with van der Waals surface area (Å²) in [6.45, 7) is 3.79. The predicted molar refractivity (Wildman–Crippen MR) is 102 cm³/mol. The Bertz CT molecular complexity index is 1000. The molecule has 0 fully saturated rings. The highest BCUT2D eigenvalue weighted by atomic mass is 16.3.